The van der Waals surface area contributed by atoms with Crippen molar-refractivity contribution in [1.82, 2.24) is 0 Å². The maximum atomic E-state index is 12.1. The Hall–Kier alpha value is -2.00. The summed E-state index contributed by atoms with van der Waals surface area (Å²) in [6, 6.07) is 1.67. The Morgan fingerprint density at radius 3 is 2.78 bits per heavy atom. The first-order chi connectivity index (χ1) is 10.8. The van der Waals surface area contributed by atoms with Crippen molar-refractivity contribution in [3.8, 4) is 16.9 Å². The first kappa shape index (κ1) is 17.4. The monoisotopic (exact) mass is 332 g/mol. The number of rotatable bonds is 4. The van der Waals surface area contributed by atoms with Crippen LogP contribution in [0.1, 0.15) is 38.5 Å². The summed E-state index contributed by atoms with van der Waals surface area (Å²) in [5, 5.41) is 10.1. The second-order valence-electron chi connectivity index (χ2n) is 5.86. The second kappa shape index (κ2) is 7.05. The first-order valence-electron chi connectivity index (χ1n) is 7.65. The average Bonchev–Trinajstić information content (AvgIpc) is 2.55. The van der Waals surface area contributed by atoms with E-state index in [2.05, 4.69) is 19.9 Å². The van der Waals surface area contributed by atoms with Gasteiger partial charge in [0.25, 0.3) is 0 Å². The molecular formula is C19H21ClO3. The van der Waals surface area contributed by atoms with Crippen molar-refractivity contribution in [3.05, 3.63) is 56.6 Å². The van der Waals surface area contributed by atoms with Crippen molar-refractivity contribution in [2.24, 2.45) is 5.92 Å². The lowest BCUT2D eigenvalue weighted by Crippen LogP contribution is -2.10. The predicted molar refractivity (Wildman–Crippen MR) is 95.3 cm³/mol. The molecule has 1 atom stereocenters. The molecule has 1 heterocycles. The summed E-state index contributed by atoms with van der Waals surface area (Å²) in [5.74, 6) is 0.919. The minimum absolute atomic E-state index is 0.168. The van der Waals surface area contributed by atoms with Gasteiger partial charge in [-0.25, -0.2) is 0 Å². The summed E-state index contributed by atoms with van der Waals surface area (Å²) >= 11 is 6.16. The van der Waals surface area contributed by atoms with Gasteiger partial charge in [0.05, 0.1) is 10.6 Å². The van der Waals surface area contributed by atoms with E-state index < -0.39 is 0 Å². The fourth-order valence-corrected chi connectivity index (χ4v) is 2.62. The SMILES string of the molecule is CCC(C)C=C(C)C=Cc1cc2c(Cl)c(O)c(C)c(=O)c-2co1. The maximum Gasteiger partial charge on any atom is 0.196 e. The molecule has 2 aliphatic rings. The molecule has 0 radical (unpaired) electrons. The largest absolute Gasteiger partial charge is 0.506 e. The number of fused-ring (bicyclic) bond motifs is 1. The van der Waals surface area contributed by atoms with Gasteiger partial charge in [0.2, 0.25) is 0 Å². The van der Waals surface area contributed by atoms with Crippen LogP contribution in [-0.4, -0.2) is 5.11 Å². The van der Waals surface area contributed by atoms with Crippen molar-refractivity contribution in [2.45, 2.75) is 34.1 Å². The Morgan fingerprint density at radius 1 is 1.43 bits per heavy atom. The van der Waals surface area contributed by atoms with Gasteiger partial charge >= 0.3 is 0 Å². The quantitative estimate of drug-likeness (QED) is 0.761. The highest BCUT2D eigenvalue weighted by Gasteiger charge is 2.19. The molecule has 0 aromatic heterocycles. The van der Waals surface area contributed by atoms with Crippen LogP contribution in [0.5, 0.6) is 5.75 Å². The third-order valence-corrected chi connectivity index (χ3v) is 4.36. The highest BCUT2D eigenvalue weighted by atomic mass is 35.5. The number of halogens is 1. The lowest BCUT2D eigenvalue weighted by atomic mass is 10.0. The second-order valence-corrected chi connectivity index (χ2v) is 6.23. The number of phenolic OH excluding ortho intramolecular Hbond substituents is 1. The van der Waals surface area contributed by atoms with E-state index in [1.54, 1.807) is 13.0 Å². The Labute approximate surface area is 141 Å². The first-order valence-corrected chi connectivity index (χ1v) is 8.03. The molecule has 0 aromatic carbocycles. The summed E-state index contributed by atoms with van der Waals surface area (Å²) in [6.07, 6.45) is 8.45. The fraction of sp³-hybridized carbons (Fsp3) is 0.316. The van der Waals surface area contributed by atoms with E-state index in [0.717, 1.165) is 12.0 Å². The molecule has 0 spiro atoms. The molecule has 0 bridgehead atoms. The van der Waals surface area contributed by atoms with Crippen LogP contribution in [0.2, 0.25) is 5.02 Å². The molecule has 1 N–H and O–H groups in total. The minimum Gasteiger partial charge on any atom is -0.506 e. The molecule has 0 fully saturated rings. The molecule has 1 aliphatic heterocycles. The van der Waals surface area contributed by atoms with Crippen molar-refractivity contribution < 1.29 is 9.52 Å². The molecule has 0 saturated carbocycles. The van der Waals surface area contributed by atoms with Crippen molar-refractivity contribution in [3.63, 3.8) is 0 Å². The zero-order chi connectivity index (χ0) is 17.1. The van der Waals surface area contributed by atoms with E-state index in [-0.39, 0.29) is 21.8 Å². The topological polar surface area (TPSA) is 50.4 Å². The fourth-order valence-electron chi connectivity index (χ4n) is 2.33. The van der Waals surface area contributed by atoms with Crippen LogP contribution < -0.4 is 5.43 Å². The van der Waals surface area contributed by atoms with Crippen LogP contribution in [0.25, 0.3) is 17.2 Å². The Morgan fingerprint density at radius 2 is 2.13 bits per heavy atom. The number of aromatic hydroxyl groups is 1. The van der Waals surface area contributed by atoms with Crippen molar-refractivity contribution in [1.29, 1.82) is 0 Å². The molecule has 1 unspecified atom stereocenters. The smallest absolute Gasteiger partial charge is 0.196 e. The van der Waals surface area contributed by atoms with E-state index in [1.807, 2.05) is 19.1 Å². The maximum absolute atomic E-state index is 12.1. The molecule has 0 saturated heterocycles. The molecular weight excluding hydrogens is 312 g/mol. The van der Waals surface area contributed by atoms with E-state index in [4.69, 9.17) is 16.0 Å². The Balaban J connectivity index is 2.44. The molecule has 0 amide bonds. The number of hydrogen-bond donors (Lipinski definition) is 1. The van der Waals surface area contributed by atoms with Gasteiger partial charge in [0.15, 0.2) is 5.43 Å². The van der Waals surface area contributed by atoms with Crippen LogP contribution in [0.4, 0.5) is 0 Å². The lowest BCUT2D eigenvalue weighted by molar-refractivity contribution is 0.470. The van der Waals surface area contributed by atoms with E-state index in [1.165, 1.54) is 6.26 Å². The average molecular weight is 333 g/mol. The van der Waals surface area contributed by atoms with Crippen LogP contribution >= 0.6 is 11.6 Å². The third kappa shape index (κ3) is 3.67. The Kier molecular flexibility index (Phi) is 5.32. The Bertz CT molecular complexity index is 799. The summed E-state index contributed by atoms with van der Waals surface area (Å²) in [4.78, 5) is 12.1. The van der Waals surface area contributed by atoms with Gasteiger partial charge in [-0.15, -0.1) is 0 Å². The molecule has 2 rings (SSSR count). The number of phenols is 1. The van der Waals surface area contributed by atoms with Crippen LogP contribution in [-0.2, 0) is 0 Å². The van der Waals surface area contributed by atoms with Crippen LogP contribution in [0, 0.1) is 12.8 Å². The van der Waals surface area contributed by atoms with Crippen molar-refractivity contribution >= 4 is 17.7 Å². The molecule has 1 aliphatic carbocycles. The van der Waals surface area contributed by atoms with Crippen molar-refractivity contribution in [2.75, 3.05) is 0 Å². The third-order valence-electron chi connectivity index (χ3n) is 3.98. The highest BCUT2D eigenvalue weighted by Crippen LogP contribution is 2.36. The van der Waals surface area contributed by atoms with Gasteiger partial charge < -0.3 is 9.52 Å². The van der Waals surface area contributed by atoms with Crippen LogP contribution in [0.15, 0.2) is 39.3 Å². The van der Waals surface area contributed by atoms with Gasteiger partial charge in [-0.1, -0.05) is 49.6 Å². The van der Waals surface area contributed by atoms with E-state index in [9.17, 15) is 9.90 Å². The number of hydrogen-bond acceptors (Lipinski definition) is 3. The molecule has 122 valence electrons. The zero-order valence-corrected chi connectivity index (χ0v) is 14.6. The van der Waals surface area contributed by atoms with Gasteiger partial charge in [0.1, 0.15) is 17.8 Å². The molecule has 3 nitrogen and oxygen atoms in total. The standard InChI is InChI=1S/C19H21ClO3/c1-5-11(2)8-12(3)6-7-14-9-15-16(10-23-14)18(21)13(4)19(22)17(15)20/h6-11,22H,5H2,1-4H3. The van der Waals surface area contributed by atoms with Gasteiger partial charge in [-0.3, -0.25) is 4.79 Å². The molecule has 4 heteroatoms. The molecule has 0 aromatic rings. The van der Waals surface area contributed by atoms with Gasteiger partial charge in [-0.2, -0.15) is 0 Å². The zero-order valence-electron chi connectivity index (χ0n) is 13.8. The van der Waals surface area contributed by atoms with E-state index >= 15 is 0 Å². The lowest BCUT2D eigenvalue weighted by Gasteiger charge is -2.10. The van der Waals surface area contributed by atoms with Crippen LogP contribution in [0.3, 0.4) is 0 Å². The summed E-state index contributed by atoms with van der Waals surface area (Å²) in [7, 11) is 0. The summed E-state index contributed by atoms with van der Waals surface area (Å²) in [6.45, 7) is 7.88. The summed E-state index contributed by atoms with van der Waals surface area (Å²) in [5.41, 5.74) is 1.96. The minimum atomic E-state index is -0.269. The van der Waals surface area contributed by atoms with Gasteiger partial charge in [0, 0.05) is 11.1 Å². The van der Waals surface area contributed by atoms with E-state index in [0.29, 0.717) is 22.8 Å². The summed E-state index contributed by atoms with van der Waals surface area (Å²) < 4.78 is 5.50. The van der Waals surface area contributed by atoms with Gasteiger partial charge in [-0.05, 0) is 31.9 Å². The number of allylic oxidation sites excluding steroid dienone is 3. The molecule has 23 heavy (non-hydrogen) atoms. The number of benzene rings is 1. The normalized spacial score (nSPS) is 13.9. The highest BCUT2D eigenvalue weighted by molar-refractivity contribution is 6.35. The predicted octanol–water partition coefficient (Wildman–Crippen LogP) is 5.42.